The summed E-state index contributed by atoms with van der Waals surface area (Å²) in [5.41, 5.74) is 11.1. The fraction of sp³-hybridized carbons (Fsp3) is 0. The molecule has 0 N–H and O–H groups in total. The molecule has 0 saturated heterocycles. The Balaban J connectivity index is 1.08. The maximum absolute atomic E-state index is 6.95. The van der Waals surface area contributed by atoms with E-state index in [1.54, 1.807) is 0 Å². The third kappa shape index (κ3) is 4.75. The van der Waals surface area contributed by atoms with Gasteiger partial charge in [0.25, 0.3) is 0 Å². The first-order valence-corrected chi connectivity index (χ1v) is 18.0. The van der Waals surface area contributed by atoms with E-state index in [9.17, 15) is 0 Å². The molecule has 53 heavy (non-hydrogen) atoms. The Morgan fingerprint density at radius 2 is 0.906 bits per heavy atom. The minimum Gasteiger partial charge on any atom is -0.456 e. The minimum atomic E-state index is 0.824. The molecular weight excluding hydrogens is 647 g/mol. The summed E-state index contributed by atoms with van der Waals surface area (Å²) < 4.78 is 13.2. The van der Waals surface area contributed by atoms with Crippen LogP contribution in [-0.4, -0.2) is 0 Å². The van der Waals surface area contributed by atoms with E-state index in [0.29, 0.717) is 0 Å². The van der Waals surface area contributed by atoms with Gasteiger partial charge in [0.1, 0.15) is 16.7 Å². The van der Waals surface area contributed by atoms with Gasteiger partial charge in [0.05, 0.1) is 11.1 Å². The molecule has 2 heterocycles. The monoisotopic (exact) mass is 677 g/mol. The smallest absolute Gasteiger partial charge is 0.159 e. The maximum Gasteiger partial charge on any atom is 0.159 e. The van der Waals surface area contributed by atoms with E-state index in [-0.39, 0.29) is 0 Å². The van der Waals surface area contributed by atoms with Crippen molar-refractivity contribution in [3.8, 4) is 22.3 Å². The molecule has 0 atom stereocenters. The first kappa shape index (κ1) is 29.6. The van der Waals surface area contributed by atoms with Gasteiger partial charge in [0.2, 0.25) is 0 Å². The second-order valence-corrected chi connectivity index (χ2v) is 13.7. The van der Waals surface area contributed by atoms with Gasteiger partial charge >= 0.3 is 0 Å². The maximum atomic E-state index is 6.95. The van der Waals surface area contributed by atoms with E-state index >= 15 is 0 Å². The lowest BCUT2D eigenvalue weighted by Gasteiger charge is -2.26. The minimum absolute atomic E-state index is 0.824. The van der Waals surface area contributed by atoms with Gasteiger partial charge < -0.3 is 13.7 Å². The first-order chi connectivity index (χ1) is 26.3. The van der Waals surface area contributed by atoms with E-state index in [1.165, 1.54) is 43.8 Å². The molecule has 11 aromatic rings. The lowest BCUT2D eigenvalue weighted by molar-refractivity contribution is 0.663. The van der Waals surface area contributed by atoms with Crippen LogP contribution in [0.2, 0.25) is 0 Å². The van der Waals surface area contributed by atoms with Crippen LogP contribution in [0.1, 0.15) is 0 Å². The average molecular weight is 678 g/mol. The number of anilines is 3. The lowest BCUT2D eigenvalue weighted by Crippen LogP contribution is -2.10. The molecule has 3 nitrogen and oxygen atoms in total. The average Bonchev–Trinajstić information content (AvgIpc) is 3.81. The molecule has 0 radical (unpaired) electrons. The van der Waals surface area contributed by atoms with Crippen molar-refractivity contribution in [2.45, 2.75) is 0 Å². The Hall–Kier alpha value is -7.10. The number of hydrogen-bond donors (Lipinski definition) is 0. The summed E-state index contributed by atoms with van der Waals surface area (Å²) in [5, 5.41) is 9.23. The Kier molecular flexibility index (Phi) is 6.55. The van der Waals surface area contributed by atoms with Crippen molar-refractivity contribution in [2.24, 2.45) is 0 Å². The molecule has 0 amide bonds. The van der Waals surface area contributed by atoms with Crippen molar-refractivity contribution in [3.63, 3.8) is 0 Å². The van der Waals surface area contributed by atoms with E-state index < -0.39 is 0 Å². The molecule has 0 unspecified atom stereocenters. The predicted molar refractivity (Wildman–Crippen MR) is 222 cm³/mol. The number of fused-ring (bicyclic) bond motifs is 10. The Bertz CT molecular complexity index is 3150. The van der Waals surface area contributed by atoms with Gasteiger partial charge in [-0.1, -0.05) is 133 Å². The summed E-state index contributed by atoms with van der Waals surface area (Å²) in [5.74, 6) is 0. The molecule has 0 aliphatic heterocycles. The number of hydrogen-bond acceptors (Lipinski definition) is 3. The summed E-state index contributed by atoms with van der Waals surface area (Å²) in [4.78, 5) is 2.31. The zero-order valence-corrected chi connectivity index (χ0v) is 28.7. The van der Waals surface area contributed by atoms with Crippen LogP contribution >= 0.6 is 0 Å². The second kappa shape index (κ2) is 11.7. The van der Waals surface area contributed by atoms with Gasteiger partial charge in [-0.25, -0.2) is 0 Å². The molecule has 0 spiro atoms. The van der Waals surface area contributed by atoms with Crippen LogP contribution in [0.25, 0.3) is 87.7 Å². The van der Waals surface area contributed by atoms with Crippen molar-refractivity contribution in [1.29, 1.82) is 0 Å². The standard InChI is InChI=1S/C50H31NO2/c1-2-9-32(10-3-1)33-21-25-38(26-22-33)51(39-27-23-34(24-28-39)37-20-19-36-18-17-35-11-4-5-12-40(35)44(36)31-37)45-15-8-14-41-42-29-30-47-48(50(42)53-49(41)45)43-13-6-7-16-46(43)52-47/h1-31H. The van der Waals surface area contributed by atoms with E-state index in [0.717, 1.165) is 60.9 Å². The molecular formula is C50H31NO2. The van der Waals surface area contributed by atoms with Gasteiger partial charge in [0.15, 0.2) is 5.58 Å². The molecule has 9 aromatic carbocycles. The summed E-state index contributed by atoms with van der Waals surface area (Å²) in [7, 11) is 0. The molecule has 248 valence electrons. The predicted octanol–water partition coefficient (Wildman–Crippen LogP) is 14.6. The topological polar surface area (TPSA) is 29.5 Å². The Morgan fingerprint density at radius 1 is 0.321 bits per heavy atom. The summed E-state index contributed by atoms with van der Waals surface area (Å²) in [6, 6.07) is 66.8. The second-order valence-electron chi connectivity index (χ2n) is 13.7. The molecule has 0 aliphatic carbocycles. The summed E-state index contributed by atoms with van der Waals surface area (Å²) in [6.45, 7) is 0. The van der Waals surface area contributed by atoms with Crippen LogP contribution < -0.4 is 4.90 Å². The van der Waals surface area contributed by atoms with Gasteiger partial charge in [-0.05, 0) is 98.4 Å². The number of nitrogens with zero attached hydrogens (tertiary/aromatic N) is 1. The number of benzene rings is 9. The largest absolute Gasteiger partial charge is 0.456 e. The zero-order valence-electron chi connectivity index (χ0n) is 28.7. The van der Waals surface area contributed by atoms with Crippen LogP contribution in [0, 0.1) is 0 Å². The van der Waals surface area contributed by atoms with Crippen LogP contribution in [0.15, 0.2) is 197 Å². The molecule has 11 rings (SSSR count). The third-order valence-corrected chi connectivity index (χ3v) is 10.7. The quantitative estimate of drug-likeness (QED) is 0.170. The fourth-order valence-electron chi connectivity index (χ4n) is 8.07. The number of rotatable bonds is 5. The van der Waals surface area contributed by atoms with Crippen LogP contribution in [0.3, 0.4) is 0 Å². The van der Waals surface area contributed by atoms with E-state index in [1.807, 2.05) is 12.1 Å². The van der Waals surface area contributed by atoms with Gasteiger partial charge in [-0.3, -0.25) is 0 Å². The highest BCUT2D eigenvalue weighted by Gasteiger charge is 2.22. The summed E-state index contributed by atoms with van der Waals surface area (Å²) >= 11 is 0. The SMILES string of the molecule is c1ccc(-c2ccc(N(c3ccc(-c4ccc5ccc6ccccc6c5c4)cc3)c3cccc4c3oc3c4ccc4oc5ccccc5c43)cc2)cc1. The van der Waals surface area contributed by atoms with Crippen LogP contribution in [-0.2, 0) is 0 Å². The first-order valence-electron chi connectivity index (χ1n) is 18.0. The molecule has 3 heteroatoms. The van der Waals surface area contributed by atoms with Crippen molar-refractivity contribution >= 4 is 82.5 Å². The normalized spacial score (nSPS) is 11.8. The van der Waals surface area contributed by atoms with Crippen molar-refractivity contribution in [3.05, 3.63) is 188 Å². The van der Waals surface area contributed by atoms with Crippen molar-refractivity contribution < 1.29 is 8.83 Å². The summed E-state index contributed by atoms with van der Waals surface area (Å²) in [6.07, 6.45) is 0. The molecule has 0 aliphatic rings. The molecule has 0 saturated carbocycles. The van der Waals surface area contributed by atoms with Gasteiger partial charge in [-0.2, -0.15) is 0 Å². The lowest BCUT2D eigenvalue weighted by atomic mass is 9.97. The van der Waals surface area contributed by atoms with E-state index in [2.05, 4.69) is 181 Å². The third-order valence-electron chi connectivity index (χ3n) is 10.7. The highest BCUT2D eigenvalue weighted by molar-refractivity contribution is 6.23. The molecule has 2 aromatic heterocycles. The number of furan rings is 2. The van der Waals surface area contributed by atoms with Gasteiger partial charge in [0, 0.05) is 27.5 Å². The Morgan fingerprint density at radius 3 is 1.70 bits per heavy atom. The van der Waals surface area contributed by atoms with Crippen molar-refractivity contribution in [2.75, 3.05) is 4.90 Å². The number of para-hydroxylation sites is 2. The van der Waals surface area contributed by atoms with Gasteiger partial charge in [-0.15, -0.1) is 0 Å². The highest BCUT2D eigenvalue weighted by Crippen LogP contribution is 2.45. The fourth-order valence-corrected chi connectivity index (χ4v) is 8.07. The van der Waals surface area contributed by atoms with Crippen LogP contribution in [0.5, 0.6) is 0 Å². The van der Waals surface area contributed by atoms with Crippen LogP contribution in [0.4, 0.5) is 17.1 Å². The van der Waals surface area contributed by atoms with Crippen molar-refractivity contribution in [1.82, 2.24) is 0 Å². The highest BCUT2D eigenvalue weighted by atomic mass is 16.3. The Labute approximate surface area is 305 Å². The molecule has 0 bridgehead atoms. The zero-order chi connectivity index (χ0) is 34.9. The molecule has 0 fully saturated rings. The van der Waals surface area contributed by atoms with E-state index in [4.69, 9.17) is 8.83 Å².